The van der Waals surface area contributed by atoms with E-state index in [1.54, 1.807) is 0 Å². The number of carbonyl (C=O) groups excluding carboxylic acids is 1. The molecule has 0 radical (unpaired) electrons. The molecule has 5 nitrogen and oxygen atoms in total. The van der Waals surface area contributed by atoms with Crippen molar-refractivity contribution >= 4 is 11.9 Å². The monoisotopic (exact) mass is 242 g/mol. The lowest BCUT2D eigenvalue weighted by atomic mass is 9.94. The largest absolute Gasteiger partial charge is 0.480 e. The van der Waals surface area contributed by atoms with E-state index < -0.39 is 17.6 Å². The number of carboxylic acids is 1. The zero-order valence-corrected chi connectivity index (χ0v) is 10.5. The van der Waals surface area contributed by atoms with Crippen LogP contribution in [-0.4, -0.2) is 28.6 Å². The first-order valence-electron chi connectivity index (χ1n) is 6.24. The van der Waals surface area contributed by atoms with Crippen LogP contribution >= 0.6 is 0 Å². The highest BCUT2D eigenvalue weighted by Gasteiger charge is 2.43. The van der Waals surface area contributed by atoms with Crippen molar-refractivity contribution in [1.29, 1.82) is 0 Å². The molecule has 5 heteroatoms. The third-order valence-corrected chi connectivity index (χ3v) is 3.79. The average Bonchev–Trinajstić information content (AvgIpc) is 2.76. The third-order valence-electron chi connectivity index (χ3n) is 3.79. The molecule has 1 aliphatic rings. The van der Waals surface area contributed by atoms with E-state index in [0.29, 0.717) is 12.8 Å². The van der Waals surface area contributed by atoms with Gasteiger partial charge in [-0.25, -0.2) is 4.79 Å². The summed E-state index contributed by atoms with van der Waals surface area (Å²) in [5.74, 6) is -1.23. The normalized spacial score (nSPS) is 21.8. The molecule has 0 aliphatic heterocycles. The van der Waals surface area contributed by atoms with E-state index in [9.17, 15) is 14.7 Å². The maximum absolute atomic E-state index is 11.9. The molecule has 0 heterocycles. The first kappa shape index (κ1) is 14.0. The number of hydrogen-bond acceptors (Lipinski definition) is 3. The van der Waals surface area contributed by atoms with E-state index >= 15 is 0 Å². The van der Waals surface area contributed by atoms with Gasteiger partial charge in [-0.05, 0) is 18.8 Å². The van der Waals surface area contributed by atoms with Crippen LogP contribution in [-0.2, 0) is 9.59 Å². The fourth-order valence-electron chi connectivity index (χ4n) is 2.20. The number of nitrogens with two attached hydrogens (primary N) is 1. The van der Waals surface area contributed by atoms with Crippen LogP contribution in [0.3, 0.4) is 0 Å². The molecule has 2 atom stereocenters. The number of rotatable bonds is 5. The maximum atomic E-state index is 11.9. The standard InChI is InChI=1S/C12H22N2O3/c1-3-8(2)9(13)10(15)14-12(11(16)17)6-4-5-7-12/h8-9H,3-7,13H2,1-2H3,(H,14,15)(H,16,17)/t8-,9-/m0/s1. The first-order chi connectivity index (χ1) is 7.93. The Morgan fingerprint density at radius 3 is 2.35 bits per heavy atom. The zero-order valence-electron chi connectivity index (χ0n) is 10.5. The van der Waals surface area contributed by atoms with Crippen molar-refractivity contribution in [2.75, 3.05) is 0 Å². The maximum Gasteiger partial charge on any atom is 0.329 e. The highest BCUT2D eigenvalue weighted by atomic mass is 16.4. The van der Waals surface area contributed by atoms with Crippen LogP contribution in [0.4, 0.5) is 0 Å². The van der Waals surface area contributed by atoms with Gasteiger partial charge in [0.25, 0.3) is 0 Å². The van der Waals surface area contributed by atoms with Crippen molar-refractivity contribution < 1.29 is 14.7 Å². The molecule has 1 aliphatic carbocycles. The molecule has 0 saturated heterocycles. The number of hydrogen-bond donors (Lipinski definition) is 3. The van der Waals surface area contributed by atoms with E-state index in [-0.39, 0.29) is 11.8 Å². The van der Waals surface area contributed by atoms with Crippen molar-refractivity contribution in [3.63, 3.8) is 0 Å². The van der Waals surface area contributed by atoms with Crippen LogP contribution in [0.5, 0.6) is 0 Å². The minimum Gasteiger partial charge on any atom is -0.480 e. The van der Waals surface area contributed by atoms with Gasteiger partial charge in [0, 0.05) is 0 Å². The predicted octanol–water partition coefficient (Wildman–Crippen LogP) is 0.873. The van der Waals surface area contributed by atoms with Crippen LogP contribution < -0.4 is 11.1 Å². The molecule has 0 spiro atoms. The van der Waals surface area contributed by atoms with Gasteiger partial charge in [0.1, 0.15) is 5.54 Å². The Hall–Kier alpha value is -1.10. The zero-order chi connectivity index (χ0) is 13.1. The van der Waals surface area contributed by atoms with Crippen LogP contribution in [0.15, 0.2) is 0 Å². The molecule has 1 fully saturated rings. The number of aliphatic carboxylic acids is 1. The Bertz CT molecular complexity index is 298. The summed E-state index contributed by atoms with van der Waals surface area (Å²) in [5, 5.41) is 11.9. The second-order valence-electron chi connectivity index (χ2n) is 4.99. The van der Waals surface area contributed by atoms with Crippen LogP contribution in [0.2, 0.25) is 0 Å². The lowest BCUT2D eigenvalue weighted by Crippen LogP contribution is -2.57. The summed E-state index contributed by atoms with van der Waals surface area (Å²) in [6.45, 7) is 3.85. The molecule has 1 rings (SSSR count). The van der Waals surface area contributed by atoms with Crippen molar-refractivity contribution in [3.8, 4) is 0 Å². The fraction of sp³-hybridized carbons (Fsp3) is 0.833. The highest BCUT2D eigenvalue weighted by Crippen LogP contribution is 2.30. The molecule has 4 N–H and O–H groups in total. The van der Waals surface area contributed by atoms with Gasteiger partial charge >= 0.3 is 5.97 Å². The van der Waals surface area contributed by atoms with Gasteiger partial charge in [-0.1, -0.05) is 33.1 Å². The van der Waals surface area contributed by atoms with Gasteiger partial charge in [0.2, 0.25) is 5.91 Å². The van der Waals surface area contributed by atoms with Gasteiger partial charge in [-0.15, -0.1) is 0 Å². The Kier molecular flexibility index (Phi) is 4.51. The van der Waals surface area contributed by atoms with E-state index in [2.05, 4.69) is 5.32 Å². The Morgan fingerprint density at radius 1 is 1.41 bits per heavy atom. The highest BCUT2D eigenvalue weighted by molar-refractivity contribution is 5.89. The van der Waals surface area contributed by atoms with Gasteiger partial charge in [0.05, 0.1) is 6.04 Å². The molecular weight excluding hydrogens is 220 g/mol. The van der Waals surface area contributed by atoms with Gasteiger partial charge in [-0.3, -0.25) is 4.79 Å². The smallest absolute Gasteiger partial charge is 0.329 e. The molecule has 98 valence electrons. The first-order valence-corrected chi connectivity index (χ1v) is 6.24. The van der Waals surface area contributed by atoms with Crippen molar-refractivity contribution in [2.45, 2.75) is 57.5 Å². The summed E-state index contributed by atoms with van der Waals surface area (Å²) in [6.07, 6.45) is 3.48. The lowest BCUT2D eigenvalue weighted by Gasteiger charge is -2.28. The lowest BCUT2D eigenvalue weighted by molar-refractivity contribution is -0.147. The van der Waals surface area contributed by atoms with Crippen LogP contribution in [0.25, 0.3) is 0 Å². The molecule has 0 aromatic rings. The minimum atomic E-state index is -1.08. The molecule has 1 saturated carbocycles. The molecule has 1 amide bonds. The van der Waals surface area contributed by atoms with Crippen molar-refractivity contribution in [1.82, 2.24) is 5.32 Å². The number of carboxylic acid groups (broad SMARTS) is 1. The van der Waals surface area contributed by atoms with Crippen LogP contribution in [0, 0.1) is 5.92 Å². The minimum absolute atomic E-state index is 0.0576. The van der Waals surface area contributed by atoms with Crippen molar-refractivity contribution in [3.05, 3.63) is 0 Å². The number of carbonyl (C=O) groups is 2. The quantitative estimate of drug-likeness (QED) is 0.667. The Labute approximate surface area is 102 Å². The predicted molar refractivity (Wildman–Crippen MR) is 64.4 cm³/mol. The molecule has 0 aromatic heterocycles. The Balaban J connectivity index is 2.68. The summed E-state index contributed by atoms with van der Waals surface area (Å²) >= 11 is 0. The second-order valence-corrected chi connectivity index (χ2v) is 4.99. The van der Waals surface area contributed by atoms with Crippen molar-refractivity contribution in [2.24, 2.45) is 11.7 Å². The summed E-state index contributed by atoms with van der Waals surface area (Å²) in [4.78, 5) is 23.2. The summed E-state index contributed by atoms with van der Waals surface area (Å²) < 4.78 is 0. The van der Waals surface area contributed by atoms with Crippen LogP contribution in [0.1, 0.15) is 46.0 Å². The second kappa shape index (κ2) is 5.49. The van der Waals surface area contributed by atoms with Gasteiger partial charge in [0.15, 0.2) is 0 Å². The van der Waals surface area contributed by atoms with Gasteiger partial charge in [-0.2, -0.15) is 0 Å². The number of nitrogens with one attached hydrogen (secondary N) is 1. The molecule has 0 bridgehead atoms. The topological polar surface area (TPSA) is 92.4 Å². The SMILES string of the molecule is CC[C@H](C)[C@H](N)C(=O)NC1(C(=O)O)CCCC1. The molecule has 0 aromatic carbocycles. The average molecular weight is 242 g/mol. The Morgan fingerprint density at radius 2 is 1.94 bits per heavy atom. The molecular formula is C12H22N2O3. The fourth-order valence-corrected chi connectivity index (χ4v) is 2.20. The van der Waals surface area contributed by atoms with Gasteiger partial charge < -0.3 is 16.2 Å². The molecule has 0 unspecified atom stereocenters. The van der Waals surface area contributed by atoms with E-state index in [4.69, 9.17) is 5.73 Å². The summed E-state index contributed by atoms with van der Waals surface area (Å²) in [6, 6.07) is -0.628. The third kappa shape index (κ3) is 2.97. The van der Waals surface area contributed by atoms with E-state index in [0.717, 1.165) is 19.3 Å². The van der Waals surface area contributed by atoms with E-state index in [1.807, 2.05) is 13.8 Å². The number of amides is 1. The summed E-state index contributed by atoms with van der Waals surface area (Å²) in [5.41, 5.74) is 4.72. The molecule has 17 heavy (non-hydrogen) atoms. The summed E-state index contributed by atoms with van der Waals surface area (Å²) in [7, 11) is 0. The van der Waals surface area contributed by atoms with E-state index in [1.165, 1.54) is 0 Å².